The first-order valence-electron chi connectivity index (χ1n) is 7.95. The van der Waals surface area contributed by atoms with Crippen molar-refractivity contribution in [2.24, 2.45) is 5.92 Å². The molecule has 0 radical (unpaired) electrons. The van der Waals surface area contributed by atoms with Gasteiger partial charge in [-0.15, -0.1) is 0 Å². The molecule has 0 aliphatic heterocycles. The van der Waals surface area contributed by atoms with E-state index in [-0.39, 0.29) is 5.91 Å². The number of hydrogen-bond donors (Lipinski definition) is 2. The molecule has 1 saturated carbocycles. The summed E-state index contributed by atoms with van der Waals surface area (Å²) in [7, 11) is 0. The van der Waals surface area contributed by atoms with E-state index < -0.39 is 0 Å². The highest BCUT2D eigenvalue weighted by Crippen LogP contribution is 2.25. The van der Waals surface area contributed by atoms with Gasteiger partial charge in [-0.05, 0) is 55.9 Å². The quantitative estimate of drug-likeness (QED) is 0.857. The van der Waals surface area contributed by atoms with E-state index in [1.165, 1.54) is 30.4 Å². The molecule has 1 aromatic heterocycles. The zero-order valence-corrected chi connectivity index (χ0v) is 13.1. The summed E-state index contributed by atoms with van der Waals surface area (Å²) in [6.07, 6.45) is 4.83. The van der Waals surface area contributed by atoms with Crippen molar-refractivity contribution in [2.45, 2.75) is 52.5 Å². The highest BCUT2D eigenvalue weighted by molar-refractivity contribution is 5.99. The predicted molar refractivity (Wildman–Crippen MR) is 86.7 cm³/mol. The highest BCUT2D eigenvalue weighted by Gasteiger charge is 2.23. The highest BCUT2D eigenvalue weighted by atomic mass is 16.1. The van der Waals surface area contributed by atoms with Crippen molar-refractivity contribution < 1.29 is 4.79 Å². The lowest BCUT2D eigenvalue weighted by atomic mass is 9.86. The van der Waals surface area contributed by atoms with Gasteiger partial charge in [-0.25, -0.2) is 0 Å². The molecule has 1 heterocycles. The minimum absolute atomic E-state index is 0.0296. The van der Waals surface area contributed by atoms with Crippen LogP contribution >= 0.6 is 0 Å². The molecule has 21 heavy (non-hydrogen) atoms. The molecule has 3 heteroatoms. The van der Waals surface area contributed by atoms with Crippen LogP contribution in [-0.2, 0) is 0 Å². The van der Waals surface area contributed by atoms with E-state index in [9.17, 15) is 4.79 Å². The molecule has 0 saturated heterocycles. The minimum atomic E-state index is 0.0296. The molecule has 2 unspecified atom stereocenters. The topological polar surface area (TPSA) is 44.9 Å². The summed E-state index contributed by atoms with van der Waals surface area (Å²) in [6, 6.07) is 6.55. The number of amides is 1. The van der Waals surface area contributed by atoms with Gasteiger partial charge in [-0.3, -0.25) is 4.79 Å². The second-order valence-corrected chi connectivity index (χ2v) is 6.57. The fourth-order valence-corrected chi connectivity index (χ4v) is 3.50. The van der Waals surface area contributed by atoms with Gasteiger partial charge in [0, 0.05) is 16.9 Å². The number of rotatable bonds is 2. The zero-order chi connectivity index (χ0) is 15.0. The van der Waals surface area contributed by atoms with E-state index in [2.05, 4.69) is 43.2 Å². The van der Waals surface area contributed by atoms with E-state index in [4.69, 9.17) is 0 Å². The lowest BCUT2D eigenvalue weighted by Crippen LogP contribution is -2.41. The molecule has 3 rings (SSSR count). The summed E-state index contributed by atoms with van der Waals surface area (Å²) < 4.78 is 0. The summed E-state index contributed by atoms with van der Waals surface area (Å²) in [5.74, 6) is 0.609. The fourth-order valence-electron chi connectivity index (χ4n) is 3.50. The molecule has 1 amide bonds. The third kappa shape index (κ3) is 2.82. The van der Waals surface area contributed by atoms with Gasteiger partial charge in [0.15, 0.2) is 0 Å². The van der Waals surface area contributed by atoms with Gasteiger partial charge in [0.2, 0.25) is 0 Å². The molecule has 2 atom stereocenters. The summed E-state index contributed by atoms with van der Waals surface area (Å²) in [5, 5.41) is 4.35. The van der Waals surface area contributed by atoms with Crippen molar-refractivity contribution in [3.63, 3.8) is 0 Å². The van der Waals surface area contributed by atoms with Gasteiger partial charge in [0.25, 0.3) is 5.91 Å². The summed E-state index contributed by atoms with van der Waals surface area (Å²) in [6.45, 7) is 6.41. The van der Waals surface area contributed by atoms with E-state index in [0.29, 0.717) is 17.7 Å². The van der Waals surface area contributed by atoms with Gasteiger partial charge in [-0.2, -0.15) is 0 Å². The first kappa shape index (κ1) is 14.2. The lowest BCUT2D eigenvalue weighted by Gasteiger charge is -2.29. The number of benzene rings is 1. The van der Waals surface area contributed by atoms with Crippen molar-refractivity contribution in [1.29, 1.82) is 0 Å². The van der Waals surface area contributed by atoms with E-state index in [0.717, 1.165) is 17.3 Å². The molecule has 2 N–H and O–H groups in total. The van der Waals surface area contributed by atoms with Gasteiger partial charge < -0.3 is 10.3 Å². The lowest BCUT2D eigenvalue weighted by molar-refractivity contribution is 0.0906. The fraction of sp³-hybridized carbons (Fsp3) is 0.500. The standard InChI is InChI=1S/C18H24N2O/c1-11-8-13(3)14-10-17(19-16(14)9-11)18(21)20-15-7-5-4-6-12(15)2/h8-10,12,15,19H,4-7H2,1-3H3,(H,20,21). The second kappa shape index (κ2) is 5.55. The van der Waals surface area contributed by atoms with Crippen molar-refractivity contribution in [2.75, 3.05) is 0 Å². The Morgan fingerprint density at radius 1 is 1.19 bits per heavy atom. The van der Waals surface area contributed by atoms with Gasteiger partial charge in [-0.1, -0.05) is 25.8 Å². The van der Waals surface area contributed by atoms with Gasteiger partial charge >= 0.3 is 0 Å². The first-order chi connectivity index (χ1) is 10.0. The van der Waals surface area contributed by atoms with Crippen LogP contribution in [0.25, 0.3) is 10.9 Å². The van der Waals surface area contributed by atoms with E-state index >= 15 is 0 Å². The normalized spacial score (nSPS) is 22.4. The summed E-state index contributed by atoms with van der Waals surface area (Å²) >= 11 is 0. The maximum atomic E-state index is 12.5. The van der Waals surface area contributed by atoms with Crippen LogP contribution in [0.1, 0.15) is 54.2 Å². The SMILES string of the molecule is Cc1cc(C)c2cc(C(=O)NC3CCCCC3C)[nH]c2c1. The van der Waals surface area contributed by atoms with Crippen LogP contribution in [0, 0.1) is 19.8 Å². The molecule has 0 bridgehead atoms. The molecular formula is C18H24N2O. The van der Waals surface area contributed by atoms with Crippen molar-refractivity contribution in [3.8, 4) is 0 Å². The number of aryl methyl sites for hydroxylation is 2. The Morgan fingerprint density at radius 2 is 1.95 bits per heavy atom. The van der Waals surface area contributed by atoms with Crippen LogP contribution in [-0.4, -0.2) is 16.9 Å². The van der Waals surface area contributed by atoms with Gasteiger partial charge in [0.1, 0.15) is 5.69 Å². The molecule has 2 aromatic rings. The number of carbonyl (C=O) groups is 1. The van der Waals surface area contributed by atoms with Crippen LogP contribution in [0.15, 0.2) is 18.2 Å². The molecule has 3 nitrogen and oxygen atoms in total. The van der Waals surface area contributed by atoms with Crippen LogP contribution in [0.3, 0.4) is 0 Å². The molecule has 1 aromatic carbocycles. The number of fused-ring (bicyclic) bond motifs is 1. The van der Waals surface area contributed by atoms with Crippen molar-refractivity contribution >= 4 is 16.8 Å². The number of hydrogen-bond acceptors (Lipinski definition) is 1. The van der Waals surface area contributed by atoms with E-state index in [1.54, 1.807) is 0 Å². The van der Waals surface area contributed by atoms with Crippen molar-refractivity contribution in [3.05, 3.63) is 35.0 Å². The van der Waals surface area contributed by atoms with Crippen LogP contribution < -0.4 is 5.32 Å². The Kier molecular flexibility index (Phi) is 3.75. The molecule has 112 valence electrons. The monoisotopic (exact) mass is 284 g/mol. The van der Waals surface area contributed by atoms with Crippen LogP contribution in [0.5, 0.6) is 0 Å². The number of aromatic amines is 1. The average Bonchev–Trinajstić information content (AvgIpc) is 2.85. The largest absolute Gasteiger partial charge is 0.351 e. The maximum Gasteiger partial charge on any atom is 0.267 e. The average molecular weight is 284 g/mol. The number of H-pyrrole nitrogens is 1. The predicted octanol–water partition coefficient (Wildman–Crippen LogP) is 4.09. The molecule has 1 fully saturated rings. The maximum absolute atomic E-state index is 12.5. The second-order valence-electron chi connectivity index (χ2n) is 6.57. The first-order valence-corrected chi connectivity index (χ1v) is 7.95. The Hall–Kier alpha value is -1.77. The Balaban J connectivity index is 1.83. The molecule has 0 spiro atoms. The van der Waals surface area contributed by atoms with Crippen molar-refractivity contribution in [1.82, 2.24) is 10.3 Å². The Morgan fingerprint density at radius 3 is 2.71 bits per heavy atom. The third-order valence-corrected chi connectivity index (χ3v) is 4.76. The Labute approximate surface area is 126 Å². The van der Waals surface area contributed by atoms with Gasteiger partial charge in [0.05, 0.1) is 0 Å². The third-order valence-electron chi connectivity index (χ3n) is 4.76. The minimum Gasteiger partial charge on any atom is -0.351 e. The number of nitrogens with one attached hydrogen (secondary N) is 2. The Bertz CT molecular complexity index is 671. The number of aromatic nitrogens is 1. The molecule has 1 aliphatic carbocycles. The zero-order valence-electron chi connectivity index (χ0n) is 13.1. The van der Waals surface area contributed by atoms with Crippen LogP contribution in [0.2, 0.25) is 0 Å². The molecule has 1 aliphatic rings. The summed E-state index contributed by atoms with van der Waals surface area (Å²) in [4.78, 5) is 15.8. The summed E-state index contributed by atoms with van der Waals surface area (Å²) in [5.41, 5.74) is 4.16. The van der Waals surface area contributed by atoms with E-state index in [1.807, 2.05) is 6.07 Å². The number of carbonyl (C=O) groups excluding carboxylic acids is 1. The van der Waals surface area contributed by atoms with Crippen LogP contribution in [0.4, 0.5) is 0 Å². The molecular weight excluding hydrogens is 260 g/mol. The smallest absolute Gasteiger partial charge is 0.267 e.